The van der Waals surface area contributed by atoms with Gasteiger partial charge in [0.2, 0.25) is 0 Å². The predicted molar refractivity (Wildman–Crippen MR) is 75.7 cm³/mol. The Kier molecular flexibility index (Phi) is 8.11. The first-order valence-corrected chi connectivity index (χ1v) is 8.23. The molecule has 198 valence electrons. The van der Waals surface area contributed by atoms with E-state index >= 15 is 0 Å². The number of halogens is 16. The van der Waals surface area contributed by atoms with Gasteiger partial charge in [0.05, 0.1) is 5.41 Å². The molecule has 0 aliphatic carbocycles. The molecular weight excluding hydrogens is 516 g/mol. The summed E-state index contributed by atoms with van der Waals surface area (Å²) in [6.07, 6.45) is -6.13. The van der Waals surface area contributed by atoms with E-state index in [4.69, 9.17) is 0 Å². The van der Waals surface area contributed by atoms with Gasteiger partial charge in [0.1, 0.15) is 0 Å². The van der Waals surface area contributed by atoms with Crippen molar-refractivity contribution in [3.05, 3.63) is 0 Å². The highest BCUT2D eigenvalue weighted by Crippen LogP contribution is 2.62. The van der Waals surface area contributed by atoms with Crippen LogP contribution in [0.4, 0.5) is 70.2 Å². The summed E-state index contributed by atoms with van der Waals surface area (Å²) in [6.45, 7) is -0.0242. The molecule has 0 saturated heterocycles. The highest BCUT2D eigenvalue weighted by molar-refractivity contribution is 5.75. The zero-order valence-electron chi connectivity index (χ0n) is 16.4. The van der Waals surface area contributed by atoms with Crippen LogP contribution < -0.4 is 0 Å². The van der Waals surface area contributed by atoms with E-state index in [0.29, 0.717) is 0 Å². The normalized spacial score (nSPS) is 15.8. The van der Waals surface area contributed by atoms with Crippen molar-refractivity contribution in [3.63, 3.8) is 0 Å². The minimum absolute atomic E-state index is 0.234. The second-order valence-corrected chi connectivity index (χ2v) is 7.31. The monoisotopic (exact) mass is 530 g/mol. The number of esters is 1. The maximum absolute atomic E-state index is 13.6. The lowest BCUT2D eigenvalue weighted by molar-refractivity contribution is -0.447. The van der Waals surface area contributed by atoms with Crippen molar-refractivity contribution >= 4 is 5.97 Å². The Morgan fingerprint density at radius 2 is 1.00 bits per heavy atom. The first kappa shape index (κ1) is 31.4. The number of hydrogen-bond acceptors (Lipinski definition) is 2. The summed E-state index contributed by atoms with van der Waals surface area (Å²) in [7, 11) is 0. The molecule has 18 heteroatoms. The zero-order valence-corrected chi connectivity index (χ0v) is 16.4. The topological polar surface area (TPSA) is 26.3 Å². The summed E-state index contributed by atoms with van der Waals surface area (Å²) in [5, 5.41) is 0. The molecule has 0 aromatic rings. The molecule has 0 atom stereocenters. The fourth-order valence-corrected chi connectivity index (χ4v) is 1.75. The Hall–Kier alpha value is -1.65. The Balaban J connectivity index is 6.38. The van der Waals surface area contributed by atoms with Crippen LogP contribution in [0.15, 0.2) is 0 Å². The number of ether oxygens (including phenoxy) is 1. The van der Waals surface area contributed by atoms with Crippen LogP contribution in [0.2, 0.25) is 0 Å². The molecule has 0 aliphatic rings. The maximum Gasteiger partial charge on any atom is 0.385 e. The van der Waals surface area contributed by atoms with Crippen LogP contribution in [-0.2, 0) is 9.53 Å². The van der Waals surface area contributed by atoms with Crippen LogP contribution >= 0.6 is 0 Å². The summed E-state index contributed by atoms with van der Waals surface area (Å²) < 4.78 is 214. The highest BCUT2D eigenvalue weighted by atomic mass is 19.4. The minimum atomic E-state index is -8.47. The smallest absolute Gasteiger partial charge is 0.385 e. The lowest BCUT2D eigenvalue weighted by atomic mass is 9.89. The number of hydrogen-bond donors (Lipinski definition) is 0. The van der Waals surface area contributed by atoms with E-state index in [-0.39, 0.29) is 6.42 Å². The van der Waals surface area contributed by atoms with Gasteiger partial charge in [0.25, 0.3) is 0 Å². The van der Waals surface area contributed by atoms with Crippen LogP contribution in [-0.4, -0.2) is 60.5 Å². The third-order valence-corrected chi connectivity index (χ3v) is 4.55. The van der Waals surface area contributed by atoms with Gasteiger partial charge in [-0.05, 0) is 20.3 Å². The molecule has 0 rings (SSSR count). The molecule has 0 spiro atoms. The first-order valence-electron chi connectivity index (χ1n) is 8.23. The van der Waals surface area contributed by atoms with Gasteiger partial charge in [0, 0.05) is 0 Å². The van der Waals surface area contributed by atoms with E-state index in [1.807, 2.05) is 0 Å². The maximum atomic E-state index is 13.6. The average molecular weight is 530 g/mol. The van der Waals surface area contributed by atoms with Crippen molar-refractivity contribution in [3.8, 4) is 0 Å². The van der Waals surface area contributed by atoms with Gasteiger partial charge < -0.3 is 4.74 Å². The summed E-state index contributed by atoms with van der Waals surface area (Å²) in [4.78, 5) is 11.5. The zero-order chi connectivity index (χ0) is 27.3. The molecule has 0 radical (unpaired) electrons. The van der Waals surface area contributed by atoms with E-state index < -0.39 is 65.9 Å². The Bertz CT molecular complexity index is 713. The van der Waals surface area contributed by atoms with Crippen molar-refractivity contribution < 1.29 is 79.8 Å². The molecule has 0 aromatic heterocycles. The lowest BCUT2D eigenvalue weighted by Gasteiger charge is -2.42. The van der Waals surface area contributed by atoms with Gasteiger partial charge >= 0.3 is 53.9 Å². The van der Waals surface area contributed by atoms with Gasteiger partial charge in [-0.3, -0.25) is 4.79 Å². The third kappa shape index (κ3) is 4.53. The number of carbonyl (C=O) groups excluding carboxylic acids is 1. The Morgan fingerprint density at radius 1 is 0.667 bits per heavy atom. The van der Waals surface area contributed by atoms with Gasteiger partial charge in [-0.15, -0.1) is 0 Å². The lowest BCUT2D eigenvalue weighted by Crippen LogP contribution is -2.74. The molecule has 0 unspecified atom stereocenters. The molecule has 0 fully saturated rings. The summed E-state index contributed by atoms with van der Waals surface area (Å²) in [6, 6.07) is 0. The van der Waals surface area contributed by atoms with Crippen molar-refractivity contribution in [2.75, 3.05) is 6.61 Å². The van der Waals surface area contributed by atoms with Crippen LogP contribution in [0.5, 0.6) is 0 Å². The van der Waals surface area contributed by atoms with Gasteiger partial charge in [-0.2, -0.15) is 61.5 Å². The molecule has 0 bridgehead atoms. The molecule has 0 N–H and O–H groups in total. The summed E-state index contributed by atoms with van der Waals surface area (Å²) >= 11 is 0. The van der Waals surface area contributed by atoms with Gasteiger partial charge in [-0.25, -0.2) is 8.78 Å². The standard InChI is InChI=1S/C15H14F16O2/c1-4-8(2,3)7(32)33-5-9(18,19)11(22,23)13(26,27)15(30,31)14(28,29)12(24,25)10(20,21)6(16)17/h6H,4-5H2,1-3H3. The fraction of sp³-hybridized carbons (Fsp3) is 0.933. The Morgan fingerprint density at radius 3 is 1.33 bits per heavy atom. The Labute approximate surface area is 174 Å². The van der Waals surface area contributed by atoms with Crippen LogP contribution in [0.3, 0.4) is 0 Å². The molecule has 2 nitrogen and oxygen atoms in total. The van der Waals surface area contributed by atoms with Crippen molar-refractivity contribution in [1.82, 2.24) is 0 Å². The quantitative estimate of drug-likeness (QED) is 0.220. The predicted octanol–water partition coefficient (Wildman–Crippen LogP) is 6.68. The molecular formula is C15H14F16O2. The second-order valence-electron chi connectivity index (χ2n) is 7.31. The van der Waals surface area contributed by atoms with Crippen molar-refractivity contribution in [1.29, 1.82) is 0 Å². The molecule has 0 aromatic carbocycles. The first-order chi connectivity index (χ1) is 14.1. The summed E-state index contributed by atoms with van der Waals surface area (Å²) in [5.41, 5.74) is -1.73. The fourth-order valence-electron chi connectivity index (χ4n) is 1.75. The van der Waals surface area contributed by atoms with Gasteiger partial charge in [-0.1, -0.05) is 6.92 Å². The molecule has 0 aliphatic heterocycles. The van der Waals surface area contributed by atoms with E-state index in [1.54, 1.807) is 0 Å². The number of carbonyl (C=O) groups is 1. The molecule has 0 amide bonds. The van der Waals surface area contributed by atoms with Crippen LogP contribution in [0.1, 0.15) is 27.2 Å². The summed E-state index contributed by atoms with van der Waals surface area (Å²) in [5.74, 6) is -57.0. The van der Waals surface area contributed by atoms with E-state index in [1.165, 1.54) is 6.92 Å². The minimum Gasteiger partial charge on any atom is -0.459 e. The van der Waals surface area contributed by atoms with Crippen molar-refractivity contribution in [2.45, 2.75) is 75.1 Å². The molecule has 0 heterocycles. The average Bonchev–Trinajstić information content (AvgIpc) is 2.64. The van der Waals surface area contributed by atoms with Crippen LogP contribution in [0, 0.1) is 5.41 Å². The highest BCUT2D eigenvalue weighted by Gasteiger charge is 2.93. The second kappa shape index (κ2) is 8.53. The van der Waals surface area contributed by atoms with Gasteiger partial charge in [0.15, 0.2) is 6.61 Å². The number of alkyl halides is 16. The third-order valence-electron chi connectivity index (χ3n) is 4.55. The molecule has 33 heavy (non-hydrogen) atoms. The number of rotatable bonds is 11. The SMILES string of the molecule is CCC(C)(C)C(=O)OCC(F)(F)C(F)(F)C(F)(F)C(F)(F)C(F)(F)C(F)(F)C(F)(F)C(F)F. The van der Waals surface area contributed by atoms with E-state index in [2.05, 4.69) is 4.74 Å². The molecule has 0 saturated carbocycles. The van der Waals surface area contributed by atoms with E-state index in [0.717, 1.165) is 13.8 Å². The largest absolute Gasteiger partial charge is 0.459 e. The van der Waals surface area contributed by atoms with Crippen LogP contribution in [0.25, 0.3) is 0 Å². The van der Waals surface area contributed by atoms with E-state index in [9.17, 15) is 75.0 Å². The van der Waals surface area contributed by atoms with Crippen molar-refractivity contribution in [2.24, 2.45) is 5.41 Å².